The second kappa shape index (κ2) is 6.22. The molecule has 0 bridgehead atoms. The highest BCUT2D eigenvalue weighted by molar-refractivity contribution is 5.80. The Morgan fingerprint density at radius 2 is 2.05 bits per heavy atom. The molecule has 0 unspecified atom stereocenters. The number of carbonyl (C=O) groups excluding carboxylic acids is 1. The molecule has 1 N–H and O–H groups in total. The van der Waals surface area contributed by atoms with E-state index in [4.69, 9.17) is 9.84 Å². The third-order valence-electron chi connectivity index (χ3n) is 3.23. The summed E-state index contributed by atoms with van der Waals surface area (Å²) in [6.45, 7) is 0.729. The Labute approximate surface area is 111 Å². The normalized spacial score (nSPS) is 18.3. The van der Waals surface area contributed by atoms with Crippen LogP contribution >= 0.6 is 0 Å². The molecule has 0 spiro atoms. The summed E-state index contributed by atoms with van der Waals surface area (Å²) in [5.74, 6) is -0.961. The summed E-state index contributed by atoms with van der Waals surface area (Å²) in [5, 5.41) is 8.99. The minimum Gasteiger partial charge on any atom is -0.480 e. The second-order valence-corrected chi connectivity index (χ2v) is 4.54. The fraction of sp³-hybridized carbons (Fsp3) is 0.429. The number of hydrogen-bond donors (Lipinski definition) is 1. The molecule has 102 valence electrons. The number of hydrogen-bond acceptors (Lipinski definition) is 3. The highest BCUT2D eigenvalue weighted by atomic mass is 16.6. The first-order chi connectivity index (χ1) is 9.18. The van der Waals surface area contributed by atoms with E-state index in [9.17, 15) is 9.59 Å². The van der Waals surface area contributed by atoms with Crippen LogP contribution < -0.4 is 0 Å². The average molecular weight is 263 g/mol. The van der Waals surface area contributed by atoms with Gasteiger partial charge in [0.2, 0.25) is 0 Å². The number of carbonyl (C=O) groups is 2. The van der Waals surface area contributed by atoms with E-state index in [1.807, 2.05) is 30.3 Å². The van der Waals surface area contributed by atoms with Gasteiger partial charge in [-0.25, -0.2) is 9.59 Å². The molecule has 5 nitrogen and oxygen atoms in total. The van der Waals surface area contributed by atoms with Gasteiger partial charge in [0.25, 0.3) is 0 Å². The van der Waals surface area contributed by atoms with Gasteiger partial charge in [-0.2, -0.15) is 0 Å². The number of rotatable bonds is 4. The van der Waals surface area contributed by atoms with Crippen LogP contribution in [-0.2, 0) is 16.0 Å². The van der Waals surface area contributed by atoms with Gasteiger partial charge in [0.1, 0.15) is 6.04 Å². The predicted octanol–water partition coefficient (Wildman–Crippen LogP) is 1.91. The van der Waals surface area contributed by atoms with Crippen molar-refractivity contribution in [3.63, 3.8) is 0 Å². The van der Waals surface area contributed by atoms with Gasteiger partial charge < -0.3 is 9.84 Å². The van der Waals surface area contributed by atoms with Crippen LogP contribution in [0.1, 0.15) is 18.4 Å². The van der Waals surface area contributed by atoms with Crippen LogP contribution in [0.25, 0.3) is 0 Å². The summed E-state index contributed by atoms with van der Waals surface area (Å²) in [6, 6.07) is 8.98. The first kappa shape index (κ1) is 13.4. The lowest BCUT2D eigenvalue weighted by atomic mass is 10.2. The van der Waals surface area contributed by atoms with E-state index < -0.39 is 18.1 Å². The molecule has 1 fully saturated rings. The van der Waals surface area contributed by atoms with Crippen molar-refractivity contribution in [3.05, 3.63) is 35.9 Å². The summed E-state index contributed by atoms with van der Waals surface area (Å²) in [7, 11) is 0. The van der Waals surface area contributed by atoms with Crippen LogP contribution in [-0.4, -0.2) is 41.3 Å². The predicted molar refractivity (Wildman–Crippen MR) is 68.9 cm³/mol. The first-order valence-corrected chi connectivity index (χ1v) is 6.38. The largest absolute Gasteiger partial charge is 0.480 e. The molecule has 1 aromatic carbocycles. The average Bonchev–Trinajstić information content (AvgIpc) is 2.89. The zero-order valence-electron chi connectivity index (χ0n) is 10.6. The van der Waals surface area contributed by atoms with Crippen LogP contribution in [0.5, 0.6) is 0 Å². The molecule has 1 amide bonds. The third-order valence-corrected chi connectivity index (χ3v) is 3.23. The smallest absolute Gasteiger partial charge is 0.410 e. The molecule has 5 heteroatoms. The number of likely N-dealkylation sites (tertiary alicyclic amines) is 1. The van der Waals surface area contributed by atoms with Crippen LogP contribution in [0, 0.1) is 0 Å². The van der Waals surface area contributed by atoms with E-state index in [0.717, 1.165) is 5.56 Å². The van der Waals surface area contributed by atoms with Crippen LogP contribution in [0.2, 0.25) is 0 Å². The monoisotopic (exact) mass is 263 g/mol. The van der Waals surface area contributed by atoms with Crippen molar-refractivity contribution >= 4 is 12.1 Å². The molecule has 19 heavy (non-hydrogen) atoms. The van der Waals surface area contributed by atoms with Crippen molar-refractivity contribution < 1.29 is 19.4 Å². The lowest BCUT2D eigenvalue weighted by Gasteiger charge is -2.20. The summed E-state index contributed by atoms with van der Waals surface area (Å²) < 4.78 is 5.13. The summed E-state index contributed by atoms with van der Waals surface area (Å²) in [6.07, 6.45) is 1.33. The van der Waals surface area contributed by atoms with Gasteiger partial charge in [-0.15, -0.1) is 0 Å². The number of ether oxygens (including phenoxy) is 1. The van der Waals surface area contributed by atoms with Crippen molar-refractivity contribution in [3.8, 4) is 0 Å². The molecule has 0 radical (unpaired) electrons. The highest BCUT2D eigenvalue weighted by Gasteiger charge is 2.34. The fourth-order valence-electron chi connectivity index (χ4n) is 2.23. The van der Waals surface area contributed by atoms with Gasteiger partial charge in [-0.3, -0.25) is 4.90 Å². The Morgan fingerprint density at radius 1 is 1.32 bits per heavy atom. The van der Waals surface area contributed by atoms with Gasteiger partial charge >= 0.3 is 12.1 Å². The van der Waals surface area contributed by atoms with Crippen molar-refractivity contribution in [2.75, 3.05) is 13.2 Å². The molecule has 1 aromatic rings. The number of benzene rings is 1. The van der Waals surface area contributed by atoms with Crippen LogP contribution in [0.15, 0.2) is 30.3 Å². The fourth-order valence-corrected chi connectivity index (χ4v) is 2.23. The summed E-state index contributed by atoms with van der Waals surface area (Å²) in [5.41, 5.74) is 1.09. The Hall–Kier alpha value is -2.04. The molecule has 2 rings (SSSR count). The maximum atomic E-state index is 11.8. The molecule has 0 saturated carbocycles. The molecular weight excluding hydrogens is 246 g/mol. The molecule has 1 aliphatic heterocycles. The van der Waals surface area contributed by atoms with E-state index in [-0.39, 0.29) is 6.61 Å². The van der Waals surface area contributed by atoms with Gasteiger partial charge in [-0.05, 0) is 18.4 Å². The number of carboxylic acids is 1. The van der Waals surface area contributed by atoms with Crippen molar-refractivity contribution in [2.45, 2.75) is 25.3 Å². The number of aliphatic carboxylic acids is 1. The zero-order valence-corrected chi connectivity index (χ0v) is 10.6. The Balaban J connectivity index is 1.80. The Morgan fingerprint density at radius 3 is 2.74 bits per heavy atom. The van der Waals surface area contributed by atoms with E-state index >= 15 is 0 Å². The molecule has 0 aromatic heterocycles. The minimum absolute atomic E-state index is 0.270. The van der Waals surface area contributed by atoms with Gasteiger partial charge in [0, 0.05) is 13.0 Å². The zero-order chi connectivity index (χ0) is 13.7. The van der Waals surface area contributed by atoms with E-state index in [2.05, 4.69) is 0 Å². The Kier molecular flexibility index (Phi) is 4.39. The molecule has 1 atom stereocenters. The SMILES string of the molecule is O=C(O)[C@@H]1CCCN1C(=O)OCCc1ccccc1. The van der Waals surface area contributed by atoms with E-state index in [1.54, 1.807) is 0 Å². The number of carboxylic acid groups (broad SMARTS) is 1. The van der Waals surface area contributed by atoms with Crippen molar-refractivity contribution in [1.82, 2.24) is 4.90 Å². The third kappa shape index (κ3) is 3.47. The number of nitrogens with zero attached hydrogens (tertiary/aromatic N) is 1. The quantitative estimate of drug-likeness (QED) is 0.901. The number of amides is 1. The van der Waals surface area contributed by atoms with Gasteiger partial charge in [0.15, 0.2) is 0 Å². The van der Waals surface area contributed by atoms with Crippen LogP contribution in [0.4, 0.5) is 4.79 Å². The minimum atomic E-state index is -0.961. The van der Waals surface area contributed by atoms with Gasteiger partial charge in [0.05, 0.1) is 6.61 Å². The second-order valence-electron chi connectivity index (χ2n) is 4.54. The van der Waals surface area contributed by atoms with Crippen molar-refractivity contribution in [1.29, 1.82) is 0 Å². The van der Waals surface area contributed by atoms with E-state index in [0.29, 0.717) is 25.8 Å². The van der Waals surface area contributed by atoms with Crippen molar-refractivity contribution in [2.24, 2.45) is 0 Å². The maximum absolute atomic E-state index is 11.8. The molecule has 0 aliphatic carbocycles. The molecule has 1 heterocycles. The highest BCUT2D eigenvalue weighted by Crippen LogP contribution is 2.18. The standard InChI is InChI=1S/C14H17NO4/c16-13(17)12-7-4-9-15(12)14(18)19-10-8-11-5-2-1-3-6-11/h1-3,5-6,12H,4,7-10H2,(H,16,17)/t12-/m0/s1. The summed E-state index contributed by atoms with van der Waals surface area (Å²) in [4.78, 5) is 24.1. The van der Waals surface area contributed by atoms with Gasteiger partial charge in [-0.1, -0.05) is 30.3 Å². The maximum Gasteiger partial charge on any atom is 0.410 e. The summed E-state index contributed by atoms with van der Waals surface area (Å²) >= 11 is 0. The molecule has 1 aliphatic rings. The topological polar surface area (TPSA) is 66.8 Å². The van der Waals surface area contributed by atoms with E-state index in [1.165, 1.54) is 4.90 Å². The molecule has 1 saturated heterocycles. The lowest BCUT2D eigenvalue weighted by molar-refractivity contribution is -0.141. The molecular formula is C14H17NO4. The van der Waals surface area contributed by atoms with Crippen LogP contribution in [0.3, 0.4) is 0 Å². The Bertz CT molecular complexity index is 446. The first-order valence-electron chi connectivity index (χ1n) is 6.38. The lowest BCUT2D eigenvalue weighted by Crippen LogP contribution is -2.40.